The first-order valence-electron chi connectivity index (χ1n) is 7.56. The number of alkyl halides is 3. The maximum atomic E-state index is 12.1. The van der Waals surface area contributed by atoms with Crippen LogP contribution in [0.25, 0.3) is 0 Å². The molecule has 2 N–H and O–H groups in total. The number of nitrogens with zero attached hydrogens (tertiary/aromatic N) is 2. The van der Waals surface area contributed by atoms with Gasteiger partial charge in [0.05, 0.1) is 11.3 Å². The third-order valence-corrected chi connectivity index (χ3v) is 3.26. The van der Waals surface area contributed by atoms with Gasteiger partial charge in [-0.25, -0.2) is 0 Å². The van der Waals surface area contributed by atoms with Gasteiger partial charge in [-0.3, -0.25) is 15.1 Å². The lowest BCUT2D eigenvalue weighted by Gasteiger charge is -2.12. The highest BCUT2D eigenvalue weighted by atomic mass is 19.4. The molecule has 0 unspecified atom stereocenters. The fraction of sp³-hybridized carbons (Fsp3) is 0.533. The molecule has 0 aromatic heterocycles. The zero-order valence-corrected chi connectivity index (χ0v) is 13.4. The van der Waals surface area contributed by atoms with E-state index in [9.17, 15) is 23.3 Å². The predicted molar refractivity (Wildman–Crippen MR) is 86.1 cm³/mol. The largest absolute Gasteiger partial charge is 0.390 e. The maximum Gasteiger partial charge on any atom is 0.390 e. The summed E-state index contributed by atoms with van der Waals surface area (Å²) in [5.41, 5.74) is 1.07. The molecular formula is C15H21F3N4O2. The zero-order valence-electron chi connectivity index (χ0n) is 13.4. The number of nitrogens with one attached hydrogen (secondary N) is 2. The van der Waals surface area contributed by atoms with E-state index in [1.54, 1.807) is 12.1 Å². The van der Waals surface area contributed by atoms with Crippen molar-refractivity contribution in [1.29, 1.82) is 0 Å². The van der Waals surface area contributed by atoms with Gasteiger partial charge in [-0.15, -0.1) is 0 Å². The highest BCUT2D eigenvalue weighted by Gasteiger charge is 2.26. The van der Waals surface area contributed by atoms with E-state index in [2.05, 4.69) is 15.6 Å². The predicted octanol–water partition coefficient (Wildman–Crippen LogP) is 3.03. The second-order valence-corrected chi connectivity index (χ2v) is 5.17. The molecular weight excluding hydrogens is 325 g/mol. The zero-order chi connectivity index (χ0) is 18.0. The first-order valence-corrected chi connectivity index (χ1v) is 7.56. The van der Waals surface area contributed by atoms with E-state index in [1.807, 2.05) is 0 Å². The Hall–Kier alpha value is -2.32. The van der Waals surface area contributed by atoms with Crippen molar-refractivity contribution in [2.45, 2.75) is 31.9 Å². The second-order valence-electron chi connectivity index (χ2n) is 5.17. The number of rotatable bonds is 8. The molecule has 6 nitrogen and oxygen atoms in total. The Morgan fingerprint density at radius 1 is 1.17 bits per heavy atom. The quantitative estimate of drug-likeness (QED) is 0.249. The van der Waals surface area contributed by atoms with Crippen molar-refractivity contribution in [1.82, 2.24) is 10.6 Å². The van der Waals surface area contributed by atoms with Crippen molar-refractivity contribution in [3.8, 4) is 0 Å². The van der Waals surface area contributed by atoms with E-state index in [1.165, 1.54) is 19.2 Å². The van der Waals surface area contributed by atoms with Crippen LogP contribution in [0.1, 0.15) is 24.8 Å². The number of unbranched alkanes of at least 4 members (excludes halogenated alkanes) is 1. The Labute approximate surface area is 138 Å². The van der Waals surface area contributed by atoms with Gasteiger partial charge in [0.1, 0.15) is 0 Å². The number of nitro benzene ring substituents is 1. The van der Waals surface area contributed by atoms with Crippen LogP contribution >= 0.6 is 0 Å². The van der Waals surface area contributed by atoms with E-state index in [-0.39, 0.29) is 12.2 Å². The molecule has 0 aliphatic carbocycles. The SMILES string of the molecule is CN=C(NCCCCc1ccc([N+](=O)[O-])cc1)NCCC(F)(F)F. The molecule has 0 atom stereocenters. The lowest BCUT2D eigenvalue weighted by molar-refractivity contribution is -0.384. The van der Waals surface area contributed by atoms with Crippen LogP contribution in [0.4, 0.5) is 18.9 Å². The molecule has 0 amide bonds. The number of hydrogen-bond donors (Lipinski definition) is 2. The molecule has 134 valence electrons. The Morgan fingerprint density at radius 3 is 2.33 bits per heavy atom. The minimum Gasteiger partial charge on any atom is -0.356 e. The molecule has 1 aromatic rings. The smallest absolute Gasteiger partial charge is 0.356 e. The number of hydrogen-bond acceptors (Lipinski definition) is 3. The van der Waals surface area contributed by atoms with Gasteiger partial charge in [0.15, 0.2) is 5.96 Å². The molecule has 1 rings (SSSR count). The number of halogens is 3. The fourth-order valence-corrected chi connectivity index (χ4v) is 1.99. The molecule has 9 heteroatoms. The Kier molecular flexibility index (Phi) is 8.00. The first-order chi connectivity index (χ1) is 11.3. The van der Waals surface area contributed by atoms with E-state index >= 15 is 0 Å². The van der Waals surface area contributed by atoms with Crippen molar-refractivity contribution < 1.29 is 18.1 Å². The number of aryl methyl sites for hydroxylation is 1. The van der Waals surface area contributed by atoms with Crippen molar-refractivity contribution in [3.63, 3.8) is 0 Å². The van der Waals surface area contributed by atoms with E-state index < -0.39 is 17.5 Å². The summed E-state index contributed by atoms with van der Waals surface area (Å²) < 4.78 is 36.2. The summed E-state index contributed by atoms with van der Waals surface area (Å²) in [4.78, 5) is 14.0. The average Bonchev–Trinajstić information content (AvgIpc) is 2.52. The minimum atomic E-state index is -4.18. The summed E-state index contributed by atoms with van der Waals surface area (Å²) in [5.74, 6) is 0.342. The van der Waals surface area contributed by atoms with Crippen LogP contribution in [0.3, 0.4) is 0 Å². The van der Waals surface area contributed by atoms with Gasteiger partial charge in [-0.05, 0) is 24.8 Å². The van der Waals surface area contributed by atoms with Crippen LogP contribution in [0.2, 0.25) is 0 Å². The summed E-state index contributed by atoms with van der Waals surface area (Å²) in [5, 5.41) is 16.1. The van der Waals surface area contributed by atoms with Crippen molar-refractivity contribution in [2.24, 2.45) is 4.99 Å². The Balaban J connectivity index is 2.19. The van der Waals surface area contributed by atoms with Crippen LogP contribution in [-0.2, 0) is 6.42 Å². The molecule has 1 aromatic carbocycles. The van der Waals surface area contributed by atoms with Crippen LogP contribution < -0.4 is 10.6 Å². The molecule has 24 heavy (non-hydrogen) atoms. The van der Waals surface area contributed by atoms with Gasteiger partial charge in [0.2, 0.25) is 0 Å². The molecule has 0 spiro atoms. The topological polar surface area (TPSA) is 79.6 Å². The van der Waals surface area contributed by atoms with Crippen molar-refractivity contribution in [3.05, 3.63) is 39.9 Å². The summed E-state index contributed by atoms with van der Waals surface area (Å²) in [7, 11) is 1.50. The van der Waals surface area contributed by atoms with Gasteiger partial charge >= 0.3 is 6.18 Å². The summed E-state index contributed by atoms with van der Waals surface area (Å²) in [6, 6.07) is 6.40. The lowest BCUT2D eigenvalue weighted by Crippen LogP contribution is -2.39. The van der Waals surface area contributed by atoms with E-state index in [0.29, 0.717) is 12.5 Å². The van der Waals surface area contributed by atoms with Crippen LogP contribution in [0, 0.1) is 10.1 Å². The average molecular weight is 346 g/mol. The molecule has 0 bridgehead atoms. The minimum absolute atomic E-state index is 0.0640. The maximum absolute atomic E-state index is 12.1. The molecule has 0 saturated carbocycles. The lowest BCUT2D eigenvalue weighted by atomic mass is 10.1. The third-order valence-electron chi connectivity index (χ3n) is 3.26. The standard InChI is InChI=1S/C15H21F3N4O2/c1-19-14(21-11-9-15(16,17)18)20-10-3-2-4-12-5-7-13(8-6-12)22(23)24/h5-8H,2-4,9-11H2,1H3,(H2,19,20,21). The highest BCUT2D eigenvalue weighted by molar-refractivity contribution is 5.79. The number of guanidine groups is 1. The number of non-ortho nitro benzene ring substituents is 1. The normalized spacial score (nSPS) is 12.1. The van der Waals surface area contributed by atoms with Crippen molar-refractivity contribution in [2.75, 3.05) is 20.1 Å². The summed E-state index contributed by atoms with van der Waals surface area (Å²) in [6.45, 7) is 0.366. The fourth-order valence-electron chi connectivity index (χ4n) is 1.99. The second kappa shape index (κ2) is 9.74. The number of nitro groups is 1. The van der Waals surface area contributed by atoms with E-state index in [0.717, 1.165) is 24.8 Å². The Morgan fingerprint density at radius 2 is 1.79 bits per heavy atom. The summed E-state index contributed by atoms with van der Waals surface area (Å²) >= 11 is 0. The molecule has 0 fully saturated rings. The van der Waals surface area contributed by atoms with Crippen LogP contribution in [0.15, 0.2) is 29.3 Å². The molecule has 0 aliphatic rings. The first kappa shape index (κ1) is 19.7. The van der Waals surface area contributed by atoms with Crippen molar-refractivity contribution >= 4 is 11.6 Å². The summed E-state index contributed by atoms with van der Waals surface area (Å²) in [6.07, 6.45) is -2.66. The van der Waals surface area contributed by atoms with E-state index in [4.69, 9.17) is 0 Å². The molecule has 0 saturated heterocycles. The van der Waals surface area contributed by atoms with Gasteiger partial charge in [-0.2, -0.15) is 13.2 Å². The van der Waals surface area contributed by atoms with Gasteiger partial charge in [0.25, 0.3) is 5.69 Å². The van der Waals surface area contributed by atoms with Gasteiger partial charge < -0.3 is 10.6 Å². The highest BCUT2D eigenvalue weighted by Crippen LogP contribution is 2.18. The van der Waals surface area contributed by atoms with Crippen LogP contribution in [-0.4, -0.2) is 37.2 Å². The third kappa shape index (κ3) is 8.35. The molecule has 0 heterocycles. The number of aliphatic imine (C=N–C) groups is 1. The van der Waals surface area contributed by atoms with Gasteiger partial charge in [0, 0.05) is 32.3 Å². The number of benzene rings is 1. The Bertz CT molecular complexity index is 545. The molecule has 0 aliphatic heterocycles. The monoisotopic (exact) mass is 346 g/mol. The van der Waals surface area contributed by atoms with Crippen LogP contribution in [0.5, 0.6) is 0 Å². The van der Waals surface area contributed by atoms with Gasteiger partial charge in [-0.1, -0.05) is 12.1 Å². The molecule has 0 radical (unpaired) electrons.